The van der Waals surface area contributed by atoms with Gasteiger partial charge in [0.2, 0.25) is 5.91 Å². The predicted molar refractivity (Wildman–Crippen MR) is 74.6 cm³/mol. The third-order valence-electron chi connectivity index (χ3n) is 3.00. The Labute approximate surface area is 125 Å². The van der Waals surface area contributed by atoms with Crippen molar-refractivity contribution in [1.82, 2.24) is 14.8 Å². The Bertz CT molecular complexity index is 666. The number of carbonyl (C=O) groups excluding carboxylic acids is 1. The van der Waals surface area contributed by atoms with Gasteiger partial charge in [-0.25, -0.2) is 4.68 Å². The summed E-state index contributed by atoms with van der Waals surface area (Å²) < 4.78 is 38.6. The van der Waals surface area contributed by atoms with Crippen LogP contribution in [0.5, 0.6) is 0 Å². The third-order valence-corrected chi connectivity index (χ3v) is 3.00. The first-order valence-corrected chi connectivity index (χ1v) is 6.59. The number of amides is 1. The monoisotopic (exact) mass is 312 g/mol. The summed E-state index contributed by atoms with van der Waals surface area (Å²) in [4.78, 5) is 15.8. The normalized spacial score (nSPS) is 13.0. The Kier molecular flexibility index (Phi) is 4.48. The van der Waals surface area contributed by atoms with Crippen molar-refractivity contribution in [3.8, 4) is 5.69 Å². The highest BCUT2D eigenvalue weighted by Crippen LogP contribution is 2.26. The Hall–Kier alpha value is -2.38. The van der Waals surface area contributed by atoms with E-state index in [9.17, 15) is 18.0 Å². The molecule has 0 saturated heterocycles. The number of anilines is 1. The van der Waals surface area contributed by atoms with Crippen LogP contribution in [0.1, 0.15) is 18.9 Å². The van der Waals surface area contributed by atoms with Gasteiger partial charge in [0.05, 0.1) is 30.2 Å². The van der Waals surface area contributed by atoms with Crippen LogP contribution in [0.3, 0.4) is 0 Å². The molecule has 2 rings (SSSR count). The van der Waals surface area contributed by atoms with Gasteiger partial charge in [0.25, 0.3) is 0 Å². The average Bonchev–Trinajstić information content (AvgIpc) is 2.84. The molecule has 0 radical (unpaired) electrons. The first-order valence-electron chi connectivity index (χ1n) is 6.59. The number of aromatic nitrogens is 3. The minimum absolute atomic E-state index is 0.310. The molecule has 0 aliphatic carbocycles. The van der Waals surface area contributed by atoms with E-state index >= 15 is 0 Å². The molecule has 1 atom stereocenters. The second-order valence-electron chi connectivity index (χ2n) is 5.06. The summed E-state index contributed by atoms with van der Waals surface area (Å²) in [6, 6.07) is 1.62. The molecular formula is C14H15F3N4O. The van der Waals surface area contributed by atoms with E-state index in [0.717, 1.165) is 5.56 Å². The van der Waals surface area contributed by atoms with Crippen molar-refractivity contribution in [2.24, 2.45) is 5.92 Å². The molecule has 2 heterocycles. The number of halogens is 3. The fraction of sp³-hybridized carbons (Fsp3) is 0.357. The number of alkyl halides is 3. The lowest BCUT2D eigenvalue weighted by Crippen LogP contribution is -2.26. The fourth-order valence-electron chi connectivity index (χ4n) is 1.92. The third kappa shape index (κ3) is 4.06. The number of rotatable bonds is 4. The smallest absolute Gasteiger partial charge is 0.323 e. The largest absolute Gasteiger partial charge is 0.389 e. The van der Waals surface area contributed by atoms with E-state index in [4.69, 9.17) is 0 Å². The van der Waals surface area contributed by atoms with Gasteiger partial charge >= 0.3 is 6.18 Å². The highest BCUT2D eigenvalue weighted by molar-refractivity contribution is 5.94. The second kappa shape index (κ2) is 6.17. The molecule has 5 nitrogen and oxygen atoms in total. The molecule has 0 spiro atoms. The lowest BCUT2D eigenvalue weighted by Gasteiger charge is -2.15. The van der Waals surface area contributed by atoms with Crippen LogP contribution in [0.25, 0.3) is 5.69 Å². The molecule has 0 fully saturated rings. The predicted octanol–water partition coefficient (Wildman–Crippen LogP) is 3.10. The van der Waals surface area contributed by atoms with E-state index < -0.39 is 24.4 Å². The number of carbonyl (C=O) groups is 1. The number of nitrogens with one attached hydrogen (secondary N) is 1. The van der Waals surface area contributed by atoms with Gasteiger partial charge in [-0.2, -0.15) is 18.3 Å². The molecule has 1 amide bonds. The number of aryl methyl sites for hydroxylation is 1. The quantitative estimate of drug-likeness (QED) is 0.943. The van der Waals surface area contributed by atoms with Gasteiger partial charge in [0.15, 0.2) is 0 Å². The first kappa shape index (κ1) is 16.0. The molecule has 0 aliphatic rings. The van der Waals surface area contributed by atoms with Crippen molar-refractivity contribution in [2.75, 3.05) is 5.32 Å². The fourth-order valence-corrected chi connectivity index (χ4v) is 1.92. The first-order chi connectivity index (χ1) is 10.3. The number of hydrogen-bond acceptors (Lipinski definition) is 3. The summed E-state index contributed by atoms with van der Waals surface area (Å²) in [5.41, 5.74) is 1.76. The van der Waals surface area contributed by atoms with Crippen molar-refractivity contribution >= 4 is 11.6 Å². The number of hydrogen-bond donors (Lipinski definition) is 1. The topological polar surface area (TPSA) is 59.8 Å². The molecule has 8 heteroatoms. The van der Waals surface area contributed by atoms with Crippen LogP contribution in [0.15, 0.2) is 30.9 Å². The van der Waals surface area contributed by atoms with Crippen molar-refractivity contribution in [1.29, 1.82) is 0 Å². The minimum atomic E-state index is -4.38. The van der Waals surface area contributed by atoms with Crippen LogP contribution in [-0.4, -0.2) is 26.8 Å². The van der Waals surface area contributed by atoms with Gasteiger partial charge in [0, 0.05) is 18.3 Å². The van der Waals surface area contributed by atoms with Gasteiger partial charge in [0.1, 0.15) is 0 Å². The van der Waals surface area contributed by atoms with Crippen molar-refractivity contribution < 1.29 is 18.0 Å². The summed E-state index contributed by atoms with van der Waals surface area (Å²) in [5.74, 6) is -1.90. The molecule has 2 aromatic rings. The zero-order chi connectivity index (χ0) is 16.3. The highest BCUT2D eigenvalue weighted by Gasteiger charge is 2.33. The minimum Gasteiger partial charge on any atom is -0.323 e. The van der Waals surface area contributed by atoms with E-state index in [-0.39, 0.29) is 0 Å². The summed E-state index contributed by atoms with van der Waals surface area (Å²) in [7, 11) is 0. The lowest BCUT2D eigenvalue weighted by atomic mass is 10.1. The van der Waals surface area contributed by atoms with Crippen LogP contribution in [0, 0.1) is 12.8 Å². The molecule has 0 saturated carbocycles. The maximum Gasteiger partial charge on any atom is 0.389 e. The van der Waals surface area contributed by atoms with Crippen LogP contribution < -0.4 is 5.32 Å². The van der Waals surface area contributed by atoms with E-state index in [1.54, 1.807) is 18.5 Å². The second-order valence-corrected chi connectivity index (χ2v) is 5.06. The van der Waals surface area contributed by atoms with E-state index in [1.807, 2.05) is 6.92 Å². The maximum absolute atomic E-state index is 12.3. The summed E-state index contributed by atoms with van der Waals surface area (Å²) >= 11 is 0. The van der Waals surface area contributed by atoms with Crippen LogP contribution in [0.4, 0.5) is 18.9 Å². The average molecular weight is 312 g/mol. The SMILES string of the molecule is Cc1cnn(-c2ccncc2NC(=O)[C@H](C)CC(F)(F)F)c1. The summed E-state index contributed by atoms with van der Waals surface area (Å²) in [6.07, 6.45) is 0.719. The zero-order valence-corrected chi connectivity index (χ0v) is 12.1. The van der Waals surface area contributed by atoms with Gasteiger partial charge in [-0.05, 0) is 18.6 Å². The summed E-state index contributed by atoms with van der Waals surface area (Å²) in [6.45, 7) is 3.09. The molecule has 0 aromatic carbocycles. The van der Waals surface area contributed by atoms with Gasteiger partial charge in [-0.3, -0.25) is 9.78 Å². The standard InChI is InChI=1S/C14H15F3N4O/c1-9-6-19-21(8-9)12-3-4-18-7-11(12)20-13(22)10(2)5-14(15,16)17/h3-4,6-8,10H,5H2,1-2H3,(H,20,22)/t10-/m1/s1. The zero-order valence-electron chi connectivity index (χ0n) is 12.1. The van der Waals surface area contributed by atoms with Crippen molar-refractivity contribution in [3.63, 3.8) is 0 Å². The van der Waals surface area contributed by atoms with Crippen LogP contribution in [-0.2, 0) is 4.79 Å². The Morgan fingerprint density at radius 3 is 2.73 bits per heavy atom. The molecule has 2 aromatic heterocycles. The highest BCUT2D eigenvalue weighted by atomic mass is 19.4. The number of pyridine rings is 1. The Morgan fingerprint density at radius 1 is 1.41 bits per heavy atom. The van der Waals surface area contributed by atoms with Gasteiger partial charge in [-0.1, -0.05) is 6.92 Å². The van der Waals surface area contributed by atoms with Crippen LogP contribution >= 0.6 is 0 Å². The molecular weight excluding hydrogens is 297 g/mol. The Morgan fingerprint density at radius 2 is 2.14 bits per heavy atom. The molecule has 118 valence electrons. The van der Waals surface area contributed by atoms with E-state index in [0.29, 0.717) is 11.4 Å². The molecule has 1 N–H and O–H groups in total. The summed E-state index contributed by atoms with van der Waals surface area (Å²) in [5, 5.41) is 6.59. The molecule has 0 unspecified atom stereocenters. The van der Waals surface area contributed by atoms with Crippen LogP contribution in [0.2, 0.25) is 0 Å². The maximum atomic E-state index is 12.3. The molecule has 22 heavy (non-hydrogen) atoms. The number of nitrogens with zero attached hydrogens (tertiary/aromatic N) is 3. The Balaban J connectivity index is 2.18. The van der Waals surface area contributed by atoms with Crippen molar-refractivity contribution in [3.05, 3.63) is 36.4 Å². The van der Waals surface area contributed by atoms with E-state index in [1.165, 1.54) is 24.0 Å². The van der Waals surface area contributed by atoms with Crippen molar-refractivity contribution in [2.45, 2.75) is 26.4 Å². The van der Waals surface area contributed by atoms with Gasteiger partial charge in [-0.15, -0.1) is 0 Å². The van der Waals surface area contributed by atoms with E-state index in [2.05, 4.69) is 15.4 Å². The lowest BCUT2D eigenvalue weighted by molar-refractivity contribution is -0.150. The molecule has 0 aliphatic heterocycles. The van der Waals surface area contributed by atoms with Gasteiger partial charge < -0.3 is 5.32 Å². The molecule has 0 bridgehead atoms.